The third kappa shape index (κ3) is 5.34. The number of carbonyl (C=O) groups is 2. The van der Waals surface area contributed by atoms with E-state index in [0.717, 1.165) is 17.3 Å². The number of rotatable bonds is 5. The van der Waals surface area contributed by atoms with Gasteiger partial charge in [0.2, 0.25) is 5.91 Å². The van der Waals surface area contributed by atoms with Crippen LogP contribution in [0.25, 0.3) is 6.08 Å². The van der Waals surface area contributed by atoms with Crippen molar-refractivity contribution in [1.82, 2.24) is 0 Å². The highest BCUT2D eigenvalue weighted by atomic mass is 32.2. The normalized spacial score (nSPS) is 14.2. The van der Waals surface area contributed by atoms with E-state index in [1.807, 2.05) is 36.4 Å². The second-order valence-electron chi connectivity index (χ2n) is 6.98. The van der Waals surface area contributed by atoms with Crippen molar-refractivity contribution in [2.75, 3.05) is 16.0 Å². The maximum absolute atomic E-state index is 13.4. The third-order valence-corrected chi connectivity index (χ3v) is 5.59. The predicted octanol–water partition coefficient (Wildman–Crippen LogP) is 4.81. The number of benzene rings is 3. The Morgan fingerprint density at radius 2 is 1.76 bits per heavy atom. The fraction of sp³-hybridized carbons (Fsp3) is 0.0400. The van der Waals surface area contributed by atoms with E-state index in [4.69, 9.17) is 5.26 Å². The lowest BCUT2D eigenvalue weighted by Crippen LogP contribution is -2.31. The molecule has 0 spiro atoms. The Balaban J connectivity index is 1.54. The van der Waals surface area contributed by atoms with Gasteiger partial charge in [-0.1, -0.05) is 42.1 Å². The number of carbonyl (C=O) groups excluding carboxylic acids is 2. The van der Waals surface area contributed by atoms with Crippen LogP contribution < -0.4 is 10.2 Å². The average molecular weight is 457 g/mol. The van der Waals surface area contributed by atoms with Crippen LogP contribution in [0.15, 0.2) is 89.6 Å². The summed E-state index contributed by atoms with van der Waals surface area (Å²) in [7, 11) is 0. The average Bonchev–Trinajstić information content (AvgIpc) is 3.14. The Morgan fingerprint density at radius 1 is 1.06 bits per heavy atom. The Kier molecular flexibility index (Phi) is 6.62. The summed E-state index contributed by atoms with van der Waals surface area (Å²) in [6, 6.07) is 23.3. The van der Waals surface area contributed by atoms with Crippen molar-refractivity contribution >= 4 is 46.2 Å². The number of aliphatic imine (C=N–C) groups is 1. The molecule has 6 nitrogen and oxygen atoms in total. The monoisotopic (exact) mass is 456 g/mol. The first kappa shape index (κ1) is 22.0. The Labute approximate surface area is 194 Å². The van der Waals surface area contributed by atoms with Crippen LogP contribution in [0.1, 0.15) is 11.1 Å². The lowest BCUT2D eigenvalue weighted by Gasteiger charge is -2.17. The highest BCUT2D eigenvalue weighted by Gasteiger charge is 2.32. The molecule has 0 atom stereocenters. The zero-order chi connectivity index (χ0) is 23.2. The van der Waals surface area contributed by atoms with Crippen LogP contribution in [0.2, 0.25) is 0 Å². The van der Waals surface area contributed by atoms with E-state index in [0.29, 0.717) is 22.1 Å². The maximum Gasteiger partial charge on any atom is 0.283 e. The van der Waals surface area contributed by atoms with Crippen LogP contribution in [-0.4, -0.2) is 22.7 Å². The Hall–Kier alpha value is -4.22. The molecule has 0 aromatic heterocycles. The van der Waals surface area contributed by atoms with Gasteiger partial charge >= 0.3 is 0 Å². The van der Waals surface area contributed by atoms with Gasteiger partial charge in [-0.2, -0.15) is 5.26 Å². The Bertz CT molecular complexity index is 1280. The van der Waals surface area contributed by atoms with Gasteiger partial charge < -0.3 is 5.32 Å². The number of hydrogen-bond acceptors (Lipinski definition) is 5. The van der Waals surface area contributed by atoms with Crippen molar-refractivity contribution in [3.8, 4) is 6.07 Å². The first-order valence-corrected chi connectivity index (χ1v) is 10.9. The van der Waals surface area contributed by atoms with E-state index in [-0.39, 0.29) is 23.3 Å². The SMILES string of the molecule is N#Cc1ccc(NC(=O)CSC2=N/C(=C/c3ccccc3)C(=O)N2c2ccc(F)cc2)cc1. The molecule has 0 saturated carbocycles. The van der Waals surface area contributed by atoms with Crippen LogP contribution in [0.3, 0.4) is 0 Å². The summed E-state index contributed by atoms with van der Waals surface area (Å²) < 4.78 is 13.4. The first-order chi connectivity index (χ1) is 16.0. The summed E-state index contributed by atoms with van der Waals surface area (Å²) in [6.07, 6.45) is 1.67. The molecule has 1 aliphatic rings. The highest BCUT2D eigenvalue weighted by molar-refractivity contribution is 8.14. The molecule has 3 aromatic carbocycles. The second-order valence-corrected chi connectivity index (χ2v) is 7.92. The van der Waals surface area contributed by atoms with Crippen LogP contribution in [0.5, 0.6) is 0 Å². The summed E-state index contributed by atoms with van der Waals surface area (Å²) in [5, 5.41) is 11.9. The number of nitrogens with zero attached hydrogens (tertiary/aromatic N) is 3. The van der Waals surface area contributed by atoms with Gasteiger partial charge in [0.05, 0.1) is 23.1 Å². The molecule has 8 heteroatoms. The smallest absolute Gasteiger partial charge is 0.283 e. The van der Waals surface area contributed by atoms with Gasteiger partial charge in [0.25, 0.3) is 5.91 Å². The van der Waals surface area contributed by atoms with Crippen molar-refractivity contribution in [3.63, 3.8) is 0 Å². The summed E-state index contributed by atoms with van der Waals surface area (Å²) in [4.78, 5) is 31.4. The molecular weight excluding hydrogens is 439 g/mol. The molecular formula is C25H17FN4O2S. The number of amidine groups is 1. The molecule has 162 valence electrons. The van der Waals surface area contributed by atoms with Crippen molar-refractivity contribution < 1.29 is 14.0 Å². The Morgan fingerprint density at radius 3 is 2.42 bits per heavy atom. The molecule has 1 N–H and O–H groups in total. The largest absolute Gasteiger partial charge is 0.325 e. The van der Waals surface area contributed by atoms with Gasteiger partial charge in [-0.3, -0.25) is 14.5 Å². The second kappa shape index (κ2) is 9.94. The minimum Gasteiger partial charge on any atom is -0.325 e. The summed E-state index contributed by atoms with van der Waals surface area (Å²) in [6.45, 7) is 0. The van der Waals surface area contributed by atoms with Gasteiger partial charge in [0, 0.05) is 5.69 Å². The van der Waals surface area contributed by atoms with Crippen molar-refractivity contribution in [2.45, 2.75) is 0 Å². The fourth-order valence-corrected chi connectivity index (χ4v) is 3.89. The van der Waals surface area contributed by atoms with E-state index < -0.39 is 5.82 Å². The predicted molar refractivity (Wildman–Crippen MR) is 128 cm³/mol. The molecule has 33 heavy (non-hydrogen) atoms. The van der Waals surface area contributed by atoms with E-state index in [9.17, 15) is 14.0 Å². The molecule has 0 saturated heterocycles. The van der Waals surface area contributed by atoms with E-state index in [1.54, 1.807) is 30.3 Å². The van der Waals surface area contributed by atoms with Gasteiger partial charge in [-0.25, -0.2) is 9.38 Å². The molecule has 0 bridgehead atoms. The van der Waals surface area contributed by atoms with Gasteiger partial charge in [-0.05, 0) is 60.2 Å². The van der Waals surface area contributed by atoms with Crippen LogP contribution in [-0.2, 0) is 9.59 Å². The van der Waals surface area contributed by atoms with E-state index in [2.05, 4.69) is 10.3 Å². The first-order valence-electron chi connectivity index (χ1n) is 9.92. The zero-order valence-electron chi connectivity index (χ0n) is 17.2. The van der Waals surface area contributed by atoms with Crippen molar-refractivity contribution in [3.05, 3.63) is 102 Å². The molecule has 0 unspecified atom stereocenters. The summed E-state index contributed by atoms with van der Waals surface area (Å²) in [5.74, 6) is -1.07. The molecule has 3 aromatic rings. The van der Waals surface area contributed by atoms with Gasteiger partial charge in [0.15, 0.2) is 5.17 Å². The quantitative estimate of drug-likeness (QED) is 0.558. The standard InChI is InChI=1S/C25H17FN4O2S/c26-19-8-12-21(13-9-19)30-24(32)22(14-17-4-2-1-3-5-17)29-25(30)33-16-23(31)28-20-10-6-18(15-27)7-11-20/h1-14H,16H2,(H,28,31)/b22-14+. The topological polar surface area (TPSA) is 85.6 Å². The fourth-order valence-electron chi connectivity index (χ4n) is 3.07. The number of thioether (sulfide) groups is 1. The van der Waals surface area contributed by atoms with Gasteiger partial charge in [-0.15, -0.1) is 0 Å². The zero-order valence-corrected chi connectivity index (χ0v) is 18.1. The van der Waals surface area contributed by atoms with Crippen LogP contribution in [0, 0.1) is 17.1 Å². The van der Waals surface area contributed by atoms with E-state index >= 15 is 0 Å². The molecule has 1 heterocycles. The minimum atomic E-state index is -0.418. The number of nitrogens with one attached hydrogen (secondary N) is 1. The van der Waals surface area contributed by atoms with Crippen LogP contribution in [0.4, 0.5) is 15.8 Å². The highest BCUT2D eigenvalue weighted by Crippen LogP contribution is 2.29. The molecule has 0 aliphatic carbocycles. The van der Waals surface area contributed by atoms with Crippen molar-refractivity contribution in [2.24, 2.45) is 4.99 Å². The third-order valence-electron chi connectivity index (χ3n) is 4.65. The number of anilines is 2. The molecule has 4 rings (SSSR count). The maximum atomic E-state index is 13.4. The minimum absolute atomic E-state index is 0.00241. The van der Waals surface area contributed by atoms with Crippen molar-refractivity contribution in [1.29, 1.82) is 5.26 Å². The molecule has 0 radical (unpaired) electrons. The molecule has 1 aliphatic heterocycles. The molecule has 2 amide bonds. The number of hydrogen-bond donors (Lipinski definition) is 1. The number of amides is 2. The lowest BCUT2D eigenvalue weighted by molar-refractivity contribution is -0.114. The van der Waals surface area contributed by atoms with Crippen LogP contribution >= 0.6 is 11.8 Å². The lowest BCUT2D eigenvalue weighted by atomic mass is 10.2. The number of nitriles is 1. The summed E-state index contributed by atoms with van der Waals surface area (Å²) >= 11 is 1.10. The molecule has 0 fully saturated rings. The number of halogens is 1. The van der Waals surface area contributed by atoms with Gasteiger partial charge in [0.1, 0.15) is 11.5 Å². The summed E-state index contributed by atoms with van der Waals surface area (Å²) in [5.41, 5.74) is 2.54. The van der Waals surface area contributed by atoms with E-state index in [1.165, 1.54) is 29.2 Å².